The Bertz CT molecular complexity index is 353. The van der Waals surface area contributed by atoms with Gasteiger partial charge in [-0.2, -0.15) is 0 Å². The highest BCUT2D eigenvalue weighted by Gasteiger charge is 2.31. The van der Waals surface area contributed by atoms with Crippen LogP contribution in [0.2, 0.25) is 0 Å². The monoisotopic (exact) mass is 224 g/mol. The van der Waals surface area contributed by atoms with Crippen molar-refractivity contribution in [1.29, 1.82) is 0 Å². The Hall–Kier alpha value is -0.450. The van der Waals surface area contributed by atoms with Gasteiger partial charge < -0.3 is 10.5 Å². The standard InChI is InChI=1S/C11H16N2OS/c12-5-9-10(7-1-2-7)13-11(15-9)8-3-4-14-6-8/h7-8H,1-6,12H2. The van der Waals surface area contributed by atoms with Gasteiger partial charge in [0.05, 0.1) is 17.3 Å². The molecule has 1 saturated carbocycles. The normalized spacial score (nSPS) is 26.1. The highest BCUT2D eigenvalue weighted by atomic mass is 32.1. The lowest BCUT2D eigenvalue weighted by Gasteiger charge is -2.00. The molecular formula is C11H16N2OS. The zero-order chi connectivity index (χ0) is 10.3. The van der Waals surface area contributed by atoms with E-state index >= 15 is 0 Å². The smallest absolute Gasteiger partial charge is 0.0986 e. The van der Waals surface area contributed by atoms with Crippen LogP contribution >= 0.6 is 11.3 Å². The van der Waals surface area contributed by atoms with Gasteiger partial charge in [-0.3, -0.25) is 0 Å². The third kappa shape index (κ3) is 1.82. The molecule has 82 valence electrons. The summed E-state index contributed by atoms with van der Waals surface area (Å²) in [5, 5.41) is 1.26. The van der Waals surface area contributed by atoms with Gasteiger partial charge in [0.1, 0.15) is 0 Å². The van der Waals surface area contributed by atoms with Gasteiger partial charge in [0.25, 0.3) is 0 Å². The lowest BCUT2D eigenvalue weighted by atomic mass is 10.1. The van der Waals surface area contributed by atoms with Gasteiger partial charge >= 0.3 is 0 Å². The SMILES string of the molecule is NCc1sc(C2CCOC2)nc1C1CC1. The molecule has 0 radical (unpaired) electrons. The molecule has 4 heteroatoms. The van der Waals surface area contributed by atoms with Crippen molar-refractivity contribution in [3.8, 4) is 0 Å². The summed E-state index contributed by atoms with van der Waals surface area (Å²) in [5.74, 6) is 1.25. The van der Waals surface area contributed by atoms with Crippen LogP contribution < -0.4 is 5.73 Å². The van der Waals surface area contributed by atoms with E-state index in [1.807, 2.05) is 11.3 Å². The predicted octanol–water partition coefficient (Wildman–Crippen LogP) is 1.98. The first-order valence-electron chi connectivity index (χ1n) is 5.65. The van der Waals surface area contributed by atoms with Gasteiger partial charge in [-0.15, -0.1) is 11.3 Å². The van der Waals surface area contributed by atoms with Crippen LogP contribution in [0.25, 0.3) is 0 Å². The van der Waals surface area contributed by atoms with E-state index in [0.29, 0.717) is 12.5 Å². The summed E-state index contributed by atoms with van der Waals surface area (Å²) in [6, 6.07) is 0. The Labute approximate surface area is 93.7 Å². The fourth-order valence-corrected chi connectivity index (χ4v) is 3.26. The van der Waals surface area contributed by atoms with E-state index in [-0.39, 0.29) is 0 Å². The molecule has 0 aromatic carbocycles. The van der Waals surface area contributed by atoms with Gasteiger partial charge in [0, 0.05) is 29.9 Å². The molecule has 2 aliphatic rings. The maximum atomic E-state index is 5.77. The molecule has 15 heavy (non-hydrogen) atoms. The van der Waals surface area contributed by atoms with Crippen molar-refractivity contribution in [2.24, 2.45) is 5.73 Å². The molecular weight excluding hydrogens is 208 g/mol. The second-order valence-electron chi connectivity index (χ2n) is 4.40. The third-order valence-electron chi connectivity index (χ3n) is 3.17. The molecule has 2 fully saturated rings. The first-order valence-corrected chi connectivity index (χ1v) is 6.47. The Kier molecular flexibility index (Phi) is 2.50. The number of ether oxygens (including phenoxy) is 1. The number of hydrogen-bond acceptors (Lipinski definition) is 4. The number of hydrogen-bond donors (Lipinski definition) is 1. The third-order valence-corrected chi connectivity index (χ3v) is 4.43. The van der Waals surface area contributed by atoms with Crippen molar-refractivity contribution in [1.82, 2.24) is 4.98 Å². The number of nitrogens with two attached hydrogens (primary N) is 1. The summed E-state index contributed by atoms with van der Waals surface area (Å²) >= 11 is 1.81. The molecule has 2 N–H and O–H groups in total. The van der Waals surface area contributed by atoms with E-state index in [1.54, 1.807) is 0 Å². The van der Waals surface area contributed by atoms with E-state index in [4.69, 9.17) is 15.5 Å². The minimum atomic E-state index is 0.535. The zero-order valence-electron chi connectivity index (χ0n) is 8.74. The molecule has 3 rings (SSSR count). The molecule has 1 aromatic rings. The van der Waals surface area contributed by atoms with Crippen molar-refractivity contribution >= 4 is 11.3 Å². The topological polar surface area (TPSA) is 48.1 Å². The van der Waals surface area contributed by atoms with Crippen LogP contribution in [0.1, 0.15) is 46.7 Å². The zero-order valence-corrected chi connectivity index (χ0v) is 9.55. The van der Waals surface area contributed by atoms with Gasteiger partial charge in [-0.1, -0.05) is 0 Å². The van der Waals surface area contributed by atoms with Crippen LogP contribution in [-0.4, -0.2) is 18.2 Å². The molecule has 0 amide bonds. The highest BCUT2D eigenvalue weighted by Crippen LogP contribution is 2.44. The fraction of sp³-hybridized carbons (Fsp3) is 0.727. The molecule has 3 nitrogen and oxygen atoms in total. The van der Waals surface area contributed by atoms with Crippen LogP contribution in [-0.2, 0) is 11.3 Å². The molecule has 1 aromatic heterocycles. The second-order valence-corrected chi connectivity index (χ2v) is 5.51. The van der Waals surface area contributed by atoms with Gasteiger partial charge in [-0.25, -0.2) is 4.98 Å². The summed E-state index contributed by atoms with van der Waals surface area (Å²) < 4.78 is 5.41. The van der Waals surface area contributed by atoms with E-state index in [0.717, 1.165) is 25.6 Å². The van der Waals surface area contributed by atoms with Gasteiger partial charge in [0.15, 0.2) is 0 Å². The van der Waals surface area contributed by atoms with Crippen LogP contribution in [0.15, 0.2) is 0 Å². The van der Waals surface area contributed by atoms with Crippen LogP contribution in [0.3, 0.4) is 0 Å². The fourth-order valence-electron chi connectivity index (χ4n) is 2.11. The minimum Gasteiger partial charge on any atom is -0.381 e. The molecule has 1 saturated heterocycles. The Morgan fingerprint density at radius 1 is 1.33 bits per heavy atom. The van der Waals surface area contributed by atoms with E-state index < -0.39 is 0 Å². The number of rotatable bonds is 3. The van der Waals surface area contributed by atoms with E-state index in [1.165, 1.54) is 28.4 Å². The van der Waals surface area contributed by atoms with E-state index in [2.05, 4.69) is 0 Å². The van der Waals surface area contributed by atoms with Crippen molar-refractivity contribution in [2.45, 2.75) is 37.6 Å². The van der Waals surface area contributed by atoms with Crippen molar-refractivity contribution in [3.05, 3.63) is 15.6 Å². The largest absolute Gasteiger partial charge is 0.381 e. The highest BCUT2D eigenvalue weighted by molar-refractivity contribution is 7.11. The second kappa shape index (κ2) is 3.85. The van der Waals surface area contributed by atoms with Gasteiger partial charge in [0.2, 0.25) is 0 Å². The lowest BCUT2D eigenvalue weighted by Crippen LogP contribution is -1.97. The predicted molar refractivity (Wildman–Crippen MR) is 60.2 cm³/mol. The van der Waals surface area contributed by atoms with Crippen molar-refractivity contribution in [2.75, 3.05) is 13.2 Å². The number of thiazole rings is 1. The summed E-state index contributed by atoms with van der Waals surface area (Å²) in [6.07, 6.45) is 3.73. The van der Waals surface area contributed by atoms with E-state index in [9.17, 15) is 0 Å². The molecule has 0 bridgehead atoms. The van der Waals surface area contributed by atoms with Crippen LogP contribution in [0.5, 0.6) is 0 Å². The van der Waals surface area contributed by atoms with Crippen LogP contribution in [0, 0.1) is 0 Å². The molecule has 2 heterocycles. The van der Waals surface area contributed by atoms with Crippen molar-refractivity contribution < 1.29 is 4.74 Å². The van der Waals surface area contributed by atoms with Crippen molar-refractivity contribution in [3.63, 3.8) is 0 Å². The summed E-state index contributed by atoms with van der Waals surface area (Å²) in [4.78, 5) is 6.09. The maximum absolute atomic E-state index is 5.77. The minimum absolute atomic E-state index is 0.535. The Morgan fingerprint density at radius 2 is 2.20 bits per heavy atom. The first kappa shape index (κ1) is 9.75. The molecule has 1 atom stereocenters. The molecule has 1 aliphatic heterocycles. The quantitative estimate of drug-likeness (QED) is 0.854. The Morgan fingerprint density at radius 3 is 2.80 bits per heavy atom. The summed E-state index contributed by atoms with van der Waals surface area (Å²) in [6.45, 7) is 2.39. The lowest BCUT2D eigenvalue weighted by molar-refractivity contribution is 0.194. The first-order chi connectivity index (χ1) is 7.38. The summed E-state index contributed by atoms with van der Waals surface area (Å²) in [7, 11) is 0. The van der Waals surface area contributed by atoms with Crippen LogP contribution in [0.4, 0.5) is 0 Å². The molecule has 1 unspecified atom stereocenters. The average Bonchev–Trinajstić information content (AvgIpc) is 2.83. The number of aromatic nitrogens is 1. The average molecular weight is 224 g/mol. The Balaban J connectivity index is 1.88. The number of nitrogens with zero attached hydrogens (tertiary/aromatic N) is 1. The maximum Gasteiger partial charge on any atom is 0.0986 e. The summed E-state index contributed by atoms with van der Waals surface area (Å²) in [5.41, 5.74) is 7.06. The molecule has 0 spiro atoms. The molecule has 1 aliphatic carbocycles. The van der Waals surface area contributed by atoms with Gasteiger partial charge in [-0.05, 0) is 19.3 Å².